The minimum absolute atomic E-state index is 0.191. The Morgan fingerprint density at radius 1 is 1.00 bits per heavy atom. The zero-order valence-corrected chi connectivity index (χ0v) is 10.8. The van der Waals surface area contributed by atoms with Crippen LogP contribution in [0.25, 0.3) is 0 Å². The standard InChI is InChI=1S/C16H18FN/c1-3-16(13-6-8-14(17)9-7-13)18-15-10-4-12(2)5-11-15/h4-11,16,18H,3H2,1-2H3. The minimum atomic E-state index is -0.191. The van der Waals surface area contributed by atoms with Gasteiger partial charge in [0.05, 0.1) is 6.04 Å². The summed E-state index contributed by atoms with van der Waals surface area (Å²) in [6, 6.07) is 15.2. The molecule has 1 N–H and O–H groups in total. The highest BCUT2D eigenvalue weighted by Gasteiger charge is 2.08. The van der Waals surface area contributed by atoms with Crippen molar-refractivity contribution in [1.82, 2.24) is 0 Å². The summed E-state index contributed by atoms with van der Waals surface area (Å²) >= 11 is 0. The molecule has 1 atom stereocenters. The largest absolute Gasteiger partial charge is 0.378 e. The van der Waals surface area contributed by atoms with Crippen molar-refractivity contribution < 1.29 is 4.39 Å². The molecule has 0 saturated heterocycles. The second-order valence-electron chi connectivity index (χ2n) is 4.52. The van der Waals surface area contributed by atoms with Crippen LogP contribution in [-0.4, -0.2) is 0 Å². The Kier molecular flexibility index (Phi) is 3.98. The quantitative estimate of drug-likeness (QED) is 0.821. The molecule has 0 saturated carbocycles. The third-order valence-electron chi connectivity index (χ3n) is 3.07. The fourth-order valence-corrected chi connectivity index (χ4v) is 1.97. The van der Waals surface area contributed by atoms with Gasteiger partial charge in [0.15, 0.2) is 0 Å². The van der Waals surface area contributed by atoms with Gasteiger partial charge in [-0.05, 0) is 43.2 Å². The molecule has 1 nitrogen and oxygen atoms in total. The summed E-state index contributed by atoms with van der Waals surface area (Å²) in [6.07, 6.45) is 0.958. The van der Waals surface area contributed by atoms with E-state index in [0.717, 1.165) is 17.7 Å². The van der Waals surface area contributed by atoms with E-state index in [0.29, 0.717) is 0 Å². The summed E-state index contributed by atoms with van der Waals surface area (Å²) in [5.74, 6) is -0.191. The molecule has 0 bridgehead atoms. The first-order valence-corrected chi connectivity index (χ1v) is 6.27. The summed E-state index contributed by atoms with van der Waals surface area (Å²) in [7, 11) is 0. The fourth-order valence-electron chi connectivity index (χ4n) is 1.97. The lowest BCUT2D eigenvalue weighted by molar-refractivity contribution is 0.625. The predicted octanol–water partition coefficient (Wildman–Crippen LogP) is 4.70. The first-order valence-electron chi connectivity index (χ1n) is 6.27. The van der Waals surface area contributed by atoms with Crippen molar-refractivity contribution in [2.24, 2.45) is 0 Å². The molecule has 18 heavy (non-hydrogen) atoms. The molecule has 0 heterocycles. The van der Waals surface area contributed by atoms with Gasteiger partial charge in [-0.2, -0.15) is 0 Å². The molecule has 0 spiro atoms. The molecule has 0 radical (unpaired) electrons. The van der Waals surface area contributed by atoms with Gasteiger partial charge in [0.2, 0.25) is 0 Å². The number of rotatable bonds is 4. The van der Waals surface area contributed by atoms with Gasteiger partial charge in [-0.3, -0.25) is 0 Å². The summed E-state index contributed by atoms with van der Waals surface area (Å²) in [6.45, 7) is 4.19. The van der Waals surface area contributed by atoms with Gasteiger partial charge < -0.3 is 5.32 Å². The lowest BCUT2D eigenvalue weighted by Crippen LogP contribution is -2.09. The van der Waals surface area contributed by atoms with Crippen molar-refractivity contribution in [1.29, 1.82) is 0 Å². The van der Waals surface area contributed by atoms with E-state index < -0.39 is 0 Å². The van der Waals surface area contributed by atoms with Crippen LogP contribution in [0.4, 0.5) is 10.1 Å². The fraction of sp³-hybridized carbons (Fsp3) is 0.250. The van der Waals surface area contributed by atoms with E-state index in [1.54, 1.807) is 0 Å². The number of nitrogens with one attached hydrogen (secondary N) is 1. The Balaban J connectivity index is 2.14. The van der Waals surface area contributed by atoms with Gasteiger partial charge in [-0.1, -0.05) is 36.8 Å². The molecule has 2 aromatic rings. The third kappa shape index (κ3) is 3.10. The minimum Gasteiger partial charge on any atom is -0.378 e. The number of benzene rings is 2. The normalized spacial score (nSPS) is 12.2. The Bertz CT molecular complexity index is 488. The molecule has 2 heteroatoms. The van der Waals surface area contributed by atoms with Crippen LogP contribution in [0.15, 0.2) is 48.5 Å². The first-order chi connectivity index (χ1) is 8.69. The molecule has 0 aliphatic carbocycles. The Morgan fingerprint density at radius 3 is 2.17 bits per heavy atom. The van der Waals surface area contributed by atoms with Gasteiger partial charge in [0.1, 0.15) is 5.82 Å². The average Bonchev–Trinajstić information content (AvgIpc) is 2.39. The maximum atomic E-state index is 12.9. The molecular formula is C16H18FN. The predicted molar refractivity (Wildman–Crippen MR) is 74.2 cm³/mol. The Labute approximate surface area is 108 Å². The maximum Gasteiger partial charge on any atom is 0.123 e. The van der Waals surface area contributed by atoms with Crippen molar-refractivity contribution in [3.8, 4) is 0 Å². The number of hydrogen-bond acceptors (Lipinski definition) is 1. The second kappa shape index (κ2) is 5.67. The number of halogens is 1. The molecule has 0 aliphatic heterocycles. The van der Waals surface area contributed by atoms with Crippen LogP contribution < -0.4 is 5.32 Å². The van der Waals surface area contributed by atoms with E-state index in [4.69, 9.17) is 0 Å². The molecular weight excluding hydrogens is 225 g/mol. The zero-order chi connectivity index (χ0) is 13.0. The zero-order valence-electron chi connectivity index (χ0n) is 10.8. The van der Waals surface area contributed by atoms with Crippen molar-refractivity contribution in [2.45, 2.75) is 26.3 Å². The maximum absolute atomic E-state index is 12.9. The van der Waals surface area contributed by atoms with E-state index >= 15 is 0 Å². The molecule has 94 valence electrons. The highest BCUT2D eigenvalue weighted by atomic mass is 19.1. The third-order valence-corrected chi connectivity index (χ3v) is 3.07. The van der Waals surface area contributed by atoms with Crippen LogP contribution in [0.2, 0.25) is 0 Å². The second-order valence-corrected chi connectivity index (χ2v) is 4.52. The van der Waals surface area contributed by atoms with Crippen molar-refractivity contribution >= 4 is 5.69 Å². The van der Waals surface area contributed by atoms with Crippen molar-refractivity contribution in [2.75, 3.05) is 5.32 Å². The highest BCUT2D eigenvalue weighted by molar-refractivity contribution is 5.46. The van der Waals surface area contributed by atoms with Crippen LogP contribution >= 0.6 is 0 Å². The molecule has 0 aromatic heterocycles. The molecule has 0 aliphatic rings. The van der Waals surface area contributed by atoms with Gasteiger partial charge >= 0.3 is 0 Å². The van der Waals surface area contributed by atoms with Crippen LogP contribution in [0, 0.1) is 12.7 Å². The molecule has 0 fully saturated rings. The summed E-state index contributed by atoms with van der Waals surface area (Å²) in [5, 5.41) is 3.47. The summed E-state index contributed by atoms with van der Waals surface area (Å²) in [5.41, 5.74) is 3.45. The average molecular weight is 243 g/mol. The Morgan fingerprint density at radius 2 is 1.61 bits per heavy atom. The van der Waals surface area contributed by atoms with Crippen LogP contribution in [0.5, 0.6) is 0 Å². The van der Waals surface area contributed by atoms with E-state index in [9.17, 15) is 4.39 Å². The van der Waals surface area contributed by atoms with E-state index in [1.807, 2.05) is 12.1 Å². The molecule has 2 aromatic carbocycles. The van der Waals surface area contributed by atoms with Gasteiger partial charge in [0.25, 0.3) is 0 Å². The first kappa shape index (κ1) is 12.6. The van der Waals surface area contributed by atoms with Gasteiger partial charge in [-0.25, -0.2) is 4.39 Å². The van der Waals surface area contributed by atoms with Crippen molar-refractivity contribution in [3.05, 3.63) is 65.5 Å². The van der Waals surface area contributed by atoms with Crippen LogP contribution in [-0.2, 0) is 0 Å². The highest BCUT2D eigenvalue weighted by Crippen LogP contribution is 2.22. The SMILES string of the molecule is CCC(Nc1ccc(C)cc1)c1ccc(F)cc1. The van der Waals surface area contributed by atoms with Crippen LogP contribution in [0.1, 0.15) is 30.5 Å². The Hall–Kier alpha value is -1.83. The molecule has 2 rings (SSSR count). The topological polar surface area (TPSA) is 12.0 Å². The number of aryl methyl sites for hydroxylation is 1. The monoisotopic (exact) mass is 243 g/mol. The smallest absolute Gasteiger partial charge is 0.123 e. The summed E-state index contributed by atoms with van der Waals surface area (Å²) in [4.78, 5) is 0. The molecule has 1 unspecified atom stereocenters. The molecule has 0 amide bonds. The summed E-state index contributed by atoms with van der Waals surface area (Å²) < 4.78 is 12.9. The number of anilines is 1. The lowest BCUT2D eigenvalue weighted by atomic mass is 10.0. The van der Waals surface area contributed by atoms with Gasteiger partial charge in [-0.15, -0.1) is 0 Å². The van der Waals surface area contributed by atoms with Gasteiger partial charge in [0, 0.05) is 5.69 Å². The van der Waals surface area contributed by atoms with E-state index in [-0.39, 0.29) is 11.9 Å². The lowest BCUT2D eigenvalue weighted by Gasteiger charge is -2.19. The number of hydrogen-bond donors (Lipinski definition) is 1. The van der Waals surface area contributed by atoms with E-state index in [1.165, 1.54) is 17.7 Å². The van der Waals surface area contributed by atoms with Crippen LogP contribution in [0.3, 0.4) is 0 Å². The van der Waals surface area contributed by atoms with Crippen molar-refractivity contribution in [3.63, 3.8) is 0 Å². The van der Waals surface area contributed by atoms with E-state index in [2.05, 4.69) is 43.4 Å².